The van der Waals surface area contributed by atoms with Crippen LogP contribution in [0, 0.1) is 0 Å². The third-order valence-corrected chi connectivity index (χ3v) is 8.53. The largest absolute Gasteiger partial charge is 0.508 e. The lowest BCUT2D eigenvalue weighted by Crippen LogP contribution is -2.61. The molecule has 53 heavy (non-hydrogen) atoms. The number of phenolic OH excluding ortho intramolecular Hbond substituents is 7. The highest BCUT2D eigenvalue weighted by Crippen LogP contribution is 2.41. The van der Waals surface area contributed by atoms with Crippen molar-refractivity contribution < 1.29 is 94.2 Å². The number of hydrogen-bond acceptors (Lipinski definition) is 20. The zero-order chi connectivity index (χ0) is 38.5. The Balaban J connectivity index is 1.39. The van der Waals surface area contributed by atoms with Gasteiger partial charge in [-0.25, -0.2) is 4.79 Å². The Labute approximate surface area is 295 Å². The first-order valence-corrected chi connectivity index (χ1v) is 15.5. The molecule has 0 spiro atoms. The number of esters is 1. The molecule has 3 aromatic carbocycles. The van der Waals surface area contributed by atoms with Crippen molar-refractivity contribution in [1.82, 2.24) is 0 Å². The molecule has 2 fully saturated rings. The predicted molar refractivity (Wildman–Crippen MR) is 170 cm³/mol. The molecule has 20 heteroatoms. The van der Waals surface area contributed by atoms with E-state index in [1.165, 1.54) is 6.07 Å². The molecule has 9 unspecified atom stereocenters. The lowest BCUT2D eigenvalue weighted by atomic mass is 9.98. The van der Waals surface area contributed by atoms with Gasteiger partial charge < -0.3 is 89.4 Å². The fraction of sp³-hybridized carbons (Fsp3) is 0.333. The summed E-state index contributed by atoms with van der Waals surface area (Å²) in [6.07, 6.45) is -16.7. The maximum absolute atomic E-state index is 13.9. The summed E-state index contributed by atoms with van der Waals surface area (Å²) in [7, 11) is 0. The van der Waals surface area contributed by atoms with E-state index in [0.717, 1.165) is 24.3 Å². The number of aromatic hydroxyl groups is 7. The van der Waals surface area contributed by atoms with Crippen molar-refractivity contribution in [2.75, 3.05) is 13.2 Å². The smallest absolute Gasteiger partial charge is 0.338 e. The highest BCUT2D eigenvalue weighted by Gasteiger charge is 2.53. The molecule has 2 saturated heterocycles. The molecule has 3 heterocycles. The number of aliphatic hydroxyl groups is 5. The molecule has 9 atom stereocenters. The van der Waals surface area contributed by atoms with E-state index in [4.69, 9.17) is 28.1 Å². The van der Waals surface area contributed by atoms with E-state index in [9.17, 15) is 70.9 Å². The lowest BCUT2D eigenvalue weighted by Gasteiger charge is -2.42. The van der Waals surface area contributed by atoms with Crippen molar-refractivity contribution in [3.05, 3.63) is 58.3 Å². The van der Waals surface area contributed by atoms with Gasteiger partial charge in [-0.1, -0.05) is 0 Å². The number of hydrogen-bond donors (Lipinski definition) is 12. The number of benzene rings is 3. The van der Waals surface area contributed by atoms with Gasteiger partial charge in [-0.15, -0.1) is 0 Å². The van der Waals surface area contributed by atoms with Gasteiger partial charge >= 0.3 is 5.97 Å². The van der Waals surface area contributed by atoms with Gasteiger partial charge in [0.1, 0.15) is 53.0 Å². The average Bonchev–Trinajstić information content (AvgIpc) is 3.41. The van der Waals surface area contributed by atoms with E-state index in [2.05, 4.69) is 0 Å². The first kappa shape index (κ1) is 37.2. The second kappa shape index (κ2) is 14.4. The summed E-state index contributed by atoms with van der Waals surface area (Å²) >= 11 is 0. The molecule has 1 aromatic heterocycles. The van der Waals surface area contributed by atoms with E-state index < -0.39 is 143 Å². The number of carbonyl (C=O) groups is 1. The van der Waals surface area contributed by atoms with Gasteiger partial charge in [0.25, 0.3) is 0 Å². The van der Waals surface area contributed by atoms with Crippen LogP contribution in [-0.4, -0.2) is 136 Å². The van der Waals surface area contributed by atoms with Crippen LogP contribution in [0.5, 0.6) is 46.0 Å². The summed E-state index contributed by atoms with van der Waals surface area (Å²) in [4.78, 5) is 27.0. The predicted octanol–water partition coefficient (Wildman–Crippen LogP) is -1.09. The Hall–Kier alpha value is -5.58. The zero-order valence-corrected chi connectivity index (χ0v) is 26.8. The van der Waals surface area contributed by atoms with Gasteiger partial charge in [-0.3, -0.25) is 4.79 Å². The van der Waals surface area contributed by atoms with Crippen LogP contribution in [0.4, 0.5) is 0 Å². The minimum Gasteiger partial charge on any atom is -0.508 e. The summed E-state index contributed by atoms with van der Waals surface area (Å²) in [5.41, 5.74) is -2.09. The van der Waals surface area contributed by atoms with E-state index in [1.54, 1.807) is 0 Å². The van der Waals surface area contributed by atoms with Crippen LogP contribution < -0.4 is 10.2 Å². The maximum atomic E-state index is 13.9. The lowest BCUT2D eigenvalue weighted by molar-refractivity contribution is -0.322. The molecule has 284 valence electrons. The Morgan fingerprint density at radius 2 is 1.34 bits per heavy atom. The zero-order valence-electron chi connectivity index (χ0n) is 26.8. The van der Waals surface area contributed by atoms with Gasteiger partial charge in [0, 0.05) is 17.7 Å². The minimum absolute atomic E-state index is 0.0938. The molecular weight excluding hydrogens is 716 g/mol. The standard InChI is InChI=1S/C33H32O20/c34-8-19-23(43)26(46)30(51-31(47)11-4-16(40)22(42)17(41)5-11)33(49-19)53-29-24(44)20(9-35)50-32(29)52-28-25(45)21-15(39)6-12(36)7-18(21)48-27(28)10-1-2-13(37)14(38)3-10/h1-7,19-20,23-24,26,29-30,32-44,46H,8-9H2. The van der Waals surface area contributed by atoms with Crippen LogP contribution in [0.2, 0.25) is 0 Å². The van der Waals surface area contributed by atoms with Crippen molar-refractivity contribution in [2.45, 2.75) is 55.3 Å². The summed E-state index contributed by atoms with van der Waals surface area (Å²) in [5.74, 6) is -7.83. The van der Waals surface area contributed by atoms with Crippen LogP contribution >= 0.6 is 0 Å². The fourth-order valence-corrected chi connectivity index (χ4v) is 5.80. The third kappa shape index (κ3) is 6.88. The number of rotatable bonds is 9. The Bertz CT molecular complexity index is 2060. The number of aliphatic hydroxyl groups excluding tert-OH is 5. The molecule has 20 nitrogen and oxygen atoms in total. The molecule has 0 aliphatic carbocycles. The number of fused-ring (bicyclic) bond motifs is 1. The fourth-order valence-electron chi connectivity index (χ4n) is 5.80. The van der Waals surface area contributed by atoms with Gasteiger partial charge in [0.15, 0.2) is 53.0 Å². The van der Waals surface area contributed by atoms with Crippen LogP contribution in [0.25, 0.3) is 22.3 Å². The monoisotopic (exact) mass is 748 g/mol. The molecule has 12 N–H and O–H groups in total. The third-order valence-electron chi connectivity index (χ3n) is 8.53. The molecule has 2 aliphatic rings. The van der Waals surface area contributed by atoms with Crippen molar-refractivity contribution in [2.24, 2.45) is 0 Å². The van der Waals surface area contributed by atoms with E-state index >= 15 is 0 Å². The van der Waals surface area contributed by atoms with Crippen molar-refractivity contribution in [1.29, 1.82) is 0 Å². The molecule has 0 bridgehead atoms. The average molecular weight is 749 g/mol. The summed E-state index contributed by atoms with van der Waals surface area (Å²) in [5, 5.41) is 122. The number of ether oxygens (including phenoxy) is 5. The van der Waals surface area contributed by atoms with Crippen LogP contribution in [0.15, 0.2) is 51.7 Å². The Kier molecular flexibility index (Phi) is 10.1. The van der Waals surface area contributed by atoms with Gasteiger partial charge in [-0.2, -0.15) is 0 Å². The van der Waals surface area contributed by atoms with Crippen molar-refractivity contribution in [3.8, 4) is 57.3 Å². The molecule has 0 radical (unpaired) electrons. The Morgan fingerprint density at radius 1 is 0.698 bits per heavy atom. The van der Waals surface area contributed by atoms with E-state index in [1.807, 2.05) is 0 Å². The summed E-state index contributed by atoms with van der Waals surface area (Å²) in [6, 6.07) is 6.47. The van der Waals surface area contributed by atoms with Gasteiger partial charge in [0.2, 0.25) is 17.5 Å². The first-order valence-electron chi connectivity index (χ1n) is 15.5. The minimum atomic E-state index is -2.07. The van der Waals surface area contributed by atoms with Crippen LogP contribution in [0.1, 0.15) is 10.4 Å². The summed E-state index contributed by atoms with van der Waals surface area (Å²) < 4.78 is 34.1. The quantitative estimate of drug-likeness (QED) is 0.0714. The normalized spacial score (nSPS) is 27.2. The molecule has 0 saturated carbocycles. The van der Waals surface area contributed by atoms with E-state index in [0.29, 0.717) is 12.1 Å². The SMILES string of the molecule is O=C(OC1C(OC2C(Oc3c(-c4ccc(O)c(O)c4)oc4cc(O)cc(O)c4c3=O)OC(CO)C2O)OC(CO)C(O)C1O)c1cc(O)c(O)c(O)c1. The molecule has 0 amide bonds. The van der Waals surface area contributed by atoms with Crippen LogP contribution in [-0.2, 0) is 18.9 Å². The van der Waals surface area contributed by atoms with Crippen LogP contribution in [0.3, 0.4) is 0 Å². The molecule has 6 rings (SSSR count). The highest BCUT2D eigenvalue weighted by atomic mass is 16.8. The first-order chi connectivity index (χ1) is 25.1. The maximum Gasteiger partial charge on any atom is 0.338 e. The molecule has 4 aromatic rings. The highest BCUT2D eigenvalue weighted by molar-refractivity contribution is 5.91. The van der Waals surface area contributed by atoms with Gasteiger partial charge in [0.05, 0.1) is 18.8 Å². The second-order valence-electron chi connectivity index (χ2n) is 12.0. The van der Waals surface area contributed by atoms with Crippen molar-refractivity contribution in [3.63, 3.8) is 0 Å². The summed E-state index contributed by atoms with van der Waals surface area (Å²) in [6.45, 7) is -1.79. The topological polar surface area (TPSA) is 336 Å². The van der Waals surface area contributed by atoms with E-state index in [-0.39, 0.29) is 11.1 Å². The second-order valence-corrected chi connectivity index (χ2v) is 12.0. The van der Waals surface area contributed by atoms with Gasteiger partial charge in [-0.05, 0) is 30.3 Å². The number of phenols is 7. The number of carbonyl (C=O) groups excluding carboxylic acids is 1. The molecule has 2 aliphatic heterocycles. The Morgan fingerprint density at radius 3 is 1.98 bits per heavy atom. The van der Waals surface area contributed by atoms with Crippen molar-refractivity contribution >= 4 is 16.9 Å². The molecular formula is C33H32O20.